The van der Waals surface area contributed by atoms with Crippen LogP contribution in [0.15, 0.2) is 18.5 Å². The number of pyridine rings is 1. The molecule has 0 spiro atoms. The van der Waals surface area contributed by atoms with E-state index in [1.807, 2.05) is 0 Å². The summed E-state index contributed by atoms with van der Waals surface area (Å²) in [6.45, 7) is 4.16. The van der Waals surface area contributed by atoms with Crippen LogP contribution in [0.2, 0.25) is 0 Å². The first kappa shape index (κ1) is 11.6. The number of halogens is 1. The van der Waals surface area contributed by atoms with Crippen molar-refractivity contribution in [3.8, 4) is 11.3 Å². The minimum atomic E-state index is -0.374. The Balaban J connectivity index is 2.49. The summed E-state index contributed by atoms with van der Waals surface area (Å²) in [4.78, 5) is 3.73. The number of nitrogens with zero attached hydrogens (tertiary/aromatic N) is 2. The van der Waals surface area contributed by atoms with Gasteiger partial charge in [-0.3, -0.25) is 10.1 Å². The van der Waals surface area contributed by atoms with Crippen LogP contribution in [0.3, 0.4) is 0 Å². The van der Waals surface area contributed by atoms with Crippen LogP contribution in [-0.2, 0) is 6.42 Å². The van der Waals surface area contributed by atoms with E-state index in [0.717, 1.165) is 12.0 Å². The topological polar surface area (TPSA) is 67.6 Å². The summed E-state index contributed by atoms with van der Waals surface area (Å²) in [5.74, 6) is 0.490. The summed E-state index contributed by atoms with van der Waals surface area (Å²) in [5, 5.41) is 6.75. The molecule has 90 valence electrons. The van der Waals surface area contributed by atoms with Crippen LogP contribution in [0.4, 0.5) is 10.2 Å². The van der Waals surface area contributed by atoms with Crippen molar-refractivity contribution in [3.63, 3.8) is 0 Å². The molecule has 0 aliphatic heterocycles. The number of aromatic nitrogens is 3. The molecule has 5 heteroatoms. The van der Waals surface area contributed by atoms with Crippen molar-refractivity contribution < 1.29 is 4.39 Å². The van der Waals surface area contributed by atoms with Crippen LogP contribution in [0.25, 0.3) is 11.3 Å². The molecule has 0 saturated carbocycles. The fourth-order valence-corrected chi connectivity index (χ4v) is 1.79. The van der Waals surface area contributed by atoms with Crippen molar-refractivity contribution in [1.29, 1.82) is 0 Å². The van der Waals surface area contributed by atoms with Gasteiger partial charge in [-0.1, -0.05) is 13.8 Å². The van der Waals surface area contributed by atoms with E-state index >= 15 is 0 Å². The van der Waals surface area contributed by atoms with Crippen LogP contribution in [0.1, 0.15) is 19.4 Å². The molecule has 4 nitrogen and oxygen atoms in total. The van der Waals surface area contributed by atoms with Gasteiger partial charge in [-0.2, -0.15) is 5.10 Å². The van der Waals surface area contributed by atoms with Crippen molar-refractivity contribution >= 4 is 5.82 Å². The molecule has 2 aromatic heterocycles. The highest BCUT2D eigenvalue weighted by molar-refractivity contribution is 5.68. The fraction of sp³-hybridized carbons (Fsp3) is 0.333. The van der Waals surface area contributed by atoms with Crippen LogP contribution < -0.4 is 5.73 Å². The second kappa shape index (κ2) is 4.53. The predicted molar refractivity (Wildman–Crippen MR) is 64.7 cm³/mol. The van der Waals surface area contributed by atoms with Crippen molar-refractivity contribution in [2.24, 2.45) is 5.92 Å². The maximum Gasteiger partial charge on any atom is 0.150 e. The zero-order valence-electron chi connectivity index (χ0n) is 9.87. The maximum absolute atomic E-state index is 13.7. The van der Waals surface area contributed by atoms with Gasteiger partial charge >= 0.3 is 0 Å². The van der Waals surface area contributed by atoms with Gasteiger partial charge in [0, 0.05) is 17.3 Å². The van der Waals surface area contributed by atoms with Gasteiger partial charge in [0.05, 0.1) is 11.9 Å². The third kappa shape index (κ3) is 2.27. The van der Waals surface area contributed by atoms with Gasteiger partial charge < -0.3 is 5.73 Å². The Bertz CT molecular complexity index is 519. The van der Waals surface area contributed by atoms with E-state index in [1.165, 1.54) is 6.20 Å². The van der Waals surface area contributed by atoms with E-state index in [2.05, 4.69) is 29.0 Å². The van der Waals surface area contributed by atoms with Crippen LogP contribution >= 0.6 is 0 Å². The molecule has 0 atom stereocenters. The predicted octanol–water partition coefficient (Wildman–Crippen LogP) is 2.39. The Hall–Kier alpha value is -1.91. The number of H-pyrrole nitrogens is 1. The number of hydrogen-bond donors (Lipinski definition) is 2. The minimum Gasteiger partial charge on any atom is -0.382 e. The molecule has 0 amide bonds. The third-order valence-electron chi connectivity index (χ3n) is 2.55. The Labute approximate surface area is 99.1 Å². The molecule has 0 aliphatic rings. The number of nitrogen functional groups attached to an aromatic ring is 1. The van der Waals surface area contributed by atoms with E-state index in [-0.39, 0.29) is 5.82 Å². The van der Waals surface area contributed by atoms with Crippen LogP contribution in [-0.4, -0.2) is 15.2 Å². The van der Waals surface area contributed by atoms with Crippen LogP contribution in [0.5, 0.6) is 0 Å². The lowest BCUT2D eigenvalue weighted by molar-refractivity contribution is 0.622. The van der Waals surface area contributed by atoms with Gasteiger partial charge in [0.1, 0.15) is 5.82 Å². The summed E-state index contributed by atoms with van der Waals surface area (Å²) in [6, 6.07) is 1.62. The lowest BCUT2D eigenvalue weighted by Gasteiger charge is -2.07. The Kier molecular flexibility index (Phi) is 3.08. The van der Waals surface area contributed by atoms with Crippen molar-refractivity contribution in [2.75, 3.05) is 5.73 Å². The van der Waals surface area contributed by atoms with Crippen LogP contribution in [0, 0.1) is 11.7 Å². The van der Waals surface area contributed by atoms with Gasteiger partial charge in [0.15, 0.2) is 5.82 Å². The zero-order valence-corrected chi connectivity index (χ0v) is 9.87. The van der Waals surface area contributed by atoms with Gasteiger partial charge in [-0.25, -0.2) is 4.39 Å². The summed E-state index contributed by atoms with van der Waals surface area (Å²) in [7, 11) is 0. The van der Waals surface area contributed by atoms with E-state index < -0.39 is 0 Å². The average Bonchev–Trinajstić information content (AvgIpc) is 2.61. The molecular weight excluding hydrogens is 219 g/mol. The first-order valence-corrected chi connectivity index (χ1v) is 5.52. The molecular formula is C12H15FN4. The SMILES string of the molecule is CC(C)Cc1c(N)n[nH]c1-c1ccncc1F. The smallest absolute Gasteiger partial charge is 0.150 e. The van der Waals surface area contributed by atoms with E-state index in [1.54, 1.807) is 12.3 Å². The molecule has 0 saturated heterocycles. The summed E-state index contributed by atoms with van der Waals surface area (Å²) >= 11 is 0. The number of hydrogen-bond acceptors (Lipinski definition) is 3. The molecule has 0 aromatic carbocycles. The fourth-order valence-electron chi connectivity index (χ4n) is 1.79. The quantitative estimate of drug-likeness (QED) is 0.856. The first-order chi connectivity index (χ1) is 8.09. The first-order valence-electron chi connectivity index (χ1n) is 5.52. The molecule has 3 N–H and O–H groups in total. The lowest BCUT2D eigenvalue weighted by Crippen LogP contribution is -1.99. The number of aromatic amines is 1. The highest BCUT2D eigenvalue weighted by Crippen LogP contribution is 2.28. The number of nitrogens with two attached hydrogens (primary N) is 1. The van der Waals surface area contributed by atoms with Gasteiger partial charge in [0.25, 0.3) is 0 Å². The third-order valence-corrected chi connectivity index (χ3v) is 2.55. The zero-order chi connectivity index (χ0) is 12.4. The Morgan fingerprint density at radius 2 is 2.24 bits per heavy atom. The van der Waals surface area contributed by atoms with E-state index in [4.69, 9.17) is 5.73 Å². The molecule has 0 radical (unpaired) electrons. The lowest BCUT2D eigenvalue weighted by atomic mass is 9.99. The molecule has 2 rings (SSSR count). The number of anilines is 1. The van der Waals surface area contributed by atoms with E-state index in [9.17, 15) is 4.39 Å². The normalized spacial score (nSPS) is 11.1. The van der Waals surface area contributed by atoms with Crippen molar-refractivity contribution in [2.45, 2.75) is 20.3 Å². The Morgan fingerprint density at radius 3 is 2.88 bits per heavy atom. The average molecular weight is 234 g/mol. The Morgan fingerprint density at radius 1 is 1.47 bits per heavy atom. The molecule has 0 bridgehead atoms. The summed E-state index contributed by atoms with van der Waals surface area (Å²) < 4.78 is 13.7. The highest BCUT2D eigenvalue weighted by Gasteiger charge is 2.16. The second-order valence-electron chi connectivity index (χ2n) is 4.42. The molecule has 0 aliphatic carbocycles. The van der Waals surface area contributed by atoms with E-state index in [0.29, 0.717) is 23.0 Å². The second-order valence-corrected chi connectivity index (χ2v) is 4.42. The molecule has 0 unspecified atom stereocenters. The molecule has 2 heterocycles. The monoisotopic (exact) mass is 234 g/mol. The van der Waals surface area contributed by atoms with Crippen molar-refractivity contribution in [1.82, 2.24) is 15.2 Å². The maximum atomic E-state index is 13.7. The van der Waals surface area contributed by atoms with Gasteiger partial charge in [-0.15, -0.1) is 0 Å². The number of nitrogens with one attached hydrogen (secondary N) is 1. The molecule has 0 fully saturated rings. The van der Waals surface area contributed by atoms with Gasteiger partial charge in [-0.05, 0) is 18.4 Å². The van der Waals surface area contributed by atoms with Gasteiger partial charge in [0.2, 0.25) is 0 Å². The highest BCUT2D eigenvalue weighted by atomic mass is 19.1. The largest absolute Gasteiger partial charge is 0.382 e. The van der Waals surface area contributed by atoms with Crippen molar-refractivity contribution in [3.05, 3.63) is 29.8 Å². The number of rotatable bonds is 3. The summed E-state index contributed by atoms with van der Waals surface area (Å²) in [5.41, 5.74) is 7.77. The minimum absolute atomic E-state index is 0.374. The molecule has 17 heavy (non-hydrogen) atoms. The summed E-state index contributed by atoms with van der Waals surface area (Å²) in [6.07, 6.45) is 3.50. The molecule has 2 aromatic rings. The standard InChI is InChI=1S/C12H15FN4/c1-7(2)5-9-11(16-17-12(9)14)8-3-4-15-6-10(8)13/h3-4,6-7H,5H2,1-2H3,(H3,14,16,17).